The number of hydrogen-bond acceptors (Lipinski definition) is 0. The molecule has 0 amide bonds. The molecule has 0 unspecified atom stereocenters. The van der Waals surface area contributed by atoms with Crippen LogP contribution in [0.25, 0.3) is 32.7 Å². The van der Waals surface area contributed by atoms with Crippen molar-refractivity contribution in [2.45, 2.75) is 27.7 Å². The largest absolute Gasteiger partial charge is 1.00 e. The van der Waals surface area contributed by atoms with Crippen LogP contribution in [0.5, 0.6) is 0 Å². The summed E-state index contributed by atoms with van der Waals surface area (Å²) in [6, 6.07) is 23.2. The van der Waals surface area contributed by atoms with Crippen molar-refractivity contribution in [3.05, 3.63) is 82.9 Å². The van der Waals surface area contributed by atoms with Gasteiger partial charge in [-0.15, -0.1) is 35.0 Å². The Labute approximate surface area is 162 Å². The molecule has 0 fully saturated rings. The van der Waals surface area contributed by atoms with Crippen LogP contribution in [0.3, 0.4) is 0 Å². The van der Waals surface area contributed by atoms with Gasteiger partial charge in [-0.25, -0.2) is 0 Å². The third-order valence-corrected chi connectivity index (χ3v) is 5.35. The van der Waals surface area contributed by atoms with E-state index in [-0.39, 0.29) is 18.9 Å². The van der Waals surface area contributed by atoms with Crippen LogP contribution in [0.2, 0.25) is 0 Å². The normalized spacial score (nSPS) is 10.9. The molecule has 0 heterocycles. The van der Waals surface area contributed by atoms with Crippen molar-refractivity contribution < 1.29 is 18.9 Å². The van der Waals surface area contributed by atoms with Crippen LogP contribution in [-0.4, -0.2) is 0 Å². The van der Waals surface area contributed by atoms with Crippen molar-refractivity contribution in [3.63, 3.8) is 0 Å². The number of fused-ring (bicyclic) bond motifs is 2. The SMILES string of the molecule is Cc1cc(-c2cc(C)c(C)c3ccccc23)c2[c-]cccc2c1C.[Li+]. The van der Waals surface area contributed by atoms with E-state index in [0.29, 0.717) is 0 Å². The maximum atomic E-state index is 3.48. The molecular formula is C24H21Li. The first-order valence-electron chi connectivity index (χ1n) is 8.48. The minimum atomic E-state index is 0. The molecule has 0 aliphatic heterocycles. The van der Waals surface area contributed by atoms with Gasteiger partial charge in [-0.3, -0.25) is 0 Å². The van der Waals surface area contributed by atoms with Crippen LogP contribution in [0.1, 0.15) is 22.3 Å². The van der Waals surface area contributed by atoms with E-state index in [2.05, 4.69) is 82.3 Å². The molecule has 0 bridgehead atoms. The second-order valence-electron chi connectivity index (χ2n) is 6.74. The van der Waals surface area contributed by atoms with Gasteiger partial charge in [0.15, 0.2) is 0 Å². The van der Waals surface area contributed by atoms with Crippen molar-refractivity contribution in [3.8, 4) is 11.1 Å². The molecular weight excluding hydrogens is 295 g/mol. The van der Waals surface area contributed by atoms with Gasteiger partial charge in [-0.1, -0.05) is 58.7 Å². The Balaban J connectivity index is 0.00000182. The summed E-state index contributed by atoms with van der Waals surface area (Å²) in [6.07, 6.45) is 0. The van der Waals surface area contributed by atoms with E-state index >= 15 is 0 Å². The van der Waals surface area contributed by atoms with E-state index in [4.69, 9.17) is 0 Å². The standard InChI is InChI=1S/C24H21.Li/c1-15-13-23(21-11-7-5-9-19(21)17(15)3)24-14-16(2)18(4)20-10-6-8-12-22(20)24;/h5-11,13-14H,1-4H3;/q-1;+1. The van der Waals surface area contributed by atoms with Crippen molar-refractivity contribution in [2.24, 2.45) is 0 Å². The Hall–Kier alpha value is -2.00. The zero-order chi connectivity index (χ0) is 16.8. The van der Waals surface area contributed by atoms with Crippen molar-refractivity contribution in [1.29, 1.82) is 0 Å². The van der Waals surface area contributed by atoms with E-state index in [1.165, 1.54) is 54.9 Å². The number of aryl methyl sites for hydroxylation is 4. The molecule has 0 aromatic heterocycles. The summed E-state index contributed by atoms with van der Waals surface area (Å²) in [7, 11) is 0. The molecule has 0 atom stereocenters. The summed E-state index contributed by atoms with van der Waals surface area (Å²) in [5.74, 6) is 0. The zero-order valence-electron chi connectivity index (χ0n) is 15.7. The summed E-state index contributed by atoms with van der Waals surface area (Å²) in [5, 5.41) is 5.18. The Bertz CT molecular complexity index is 1000. The van der Waals surface area contributed by atoms with Crippen LogP contribution < -0.4 is 18.9 Å². The van der Waals surface area contributed by atoms with Crippen LogP contribution in [-0.2, 0) is 0 Å². The number of benzene rings is 4. The van der Waals surface area contributed by atoms with Gasteiger partial charge in [0.25, 0.3) is 0 Å². The monoisotopic (exact) mass is 316 g/mol. The molecule has 118 valence electrons. The van der Waals surface area contributed by atoms with Crippen molar-refractivity contribution in [1.82, 2.24) is 0 Å². The number of rotatable bonds is 1. The summed E-state index contributed by atoms with van der Waals surface area (Å²) in [6.45, 7) is 8.83. The smallest absolute Gasteiger partial charge is 0.147 e. The Morgan fingerprint density at radius 3 is 1.92 bits per heavy atom. The second kappa shape index (κ2) is 6.72. The van der Waals surface area contributed by atoms with Crippen molar-refractivity contribution >= 4 is 21.5 Å². The van der Waals surface area contributed by atoms with E-state index in [1.807, 2.05) is 6.07 Å². The minimum absolute atomic E-state index is 0. The molecule has 0 radical (unpaired) electrons. The molecule has 4 rings (SSSR count). The maximum Gasteiger partial charge on any atom is 1.00 e. The van der Waals surface area contributed by atoms with E-state index in [1.54, 1.807) is 0 Å². The molecule has 4 aromatic carbocycles. The van der Waals surface area contributed by atoms with E-state index in [0.717, 1.165) is 0 Å². The third kappa shape index (κ3) is 2.81. The Morgan fingerprint density at radius 1 is 0.640 bits per heavy atom. The average molecular weight is 316 g/mol. The molecule has 0 saturated carbocycles. The Kier molecular flexibility index (Phi) is 4.79. The quantitative estimate of drug-likeness (QED) is 0.371. The minimum Gasteiger partial charge on any atom is -0.147 e. The van der Waals surface area contributed by atoms with Crippen molar-refractivity contribution in [2.75, 3.05) is 0 Å². The molecule has 0 aliphatic rings. The summed E-state index contributed by atoms with van der Waals surface area (Å²) < 4.78 is 0. The van der Waals surface area contributed by atoms with Gasteiger partial charge in [-0.05, 0) is 49.6 Å². The van der Waals surface area contributed by atoms with Crippen LogP contribution in [0.4, 0.5) is 0 Å². The average Bonchev–Trinajstić information content (AvgIpc) is 2.61. The number of hydrogen-bond donors (Lipinski definition) is 0. The maximum absolute atomic E-state index is 3.48. The van der Waals surface area contributed by atoms with Gasteiger partial charge < -0.3 is 0 Å². The van der Waals surface area contributed by atoms with Gasteiger partial charge in [0, 0.05) is 0 Å². The fourth-order valence-corrected chi connectivity index (χ4v) is 3.68. The van der Waals surface area contributed by atoms with Gasteiger partial charge in [-0.2, -0.15) is 0 Å². The summed E-state index contributed by atoms with van der Waals surface area (Å²) in [5.41, 5.74) is 7.98. The van der Waals surface area contributed by atoms with Gasteiger partial charge in [0.2, 0.25) is 0 Å². The van der Waals surface area contributed by atoms with Crippen LogP contribution in [0, 0.1) is 33.8 Å². The molecule has 1 heteroatoms. The molecule has 0 spiro atoms. The van der Waals surface area contributed by atoms with Crippen LogP contribution in [0.15, 0.2) is 54.6 Å². The van der Waals surface area contributed by atoms with E-state index < -0.39 is 0 Å². The summed E-state index contributed by atoms with van der Waals surface area (Å²) in [4.78, 5) is 0. The molecule has 4 aromatic rings. The molecule has 0 N–H and O–H groups in total. The first-order valence-corrected chi connectivity index (χ1v) is 8.48. The first-order chi connectivity index (χ1) is 11.6. The van der Waals surface area contributed by atoms with Gasteiger partial charge >= 0.3 is 18.9 Å². The second-order valence-corrected chi connectivity index (χ2v) is 6.74. The fourth-order valence-electron chi connectivity index (χ4n) is 3.68. The molecule has 25 heavy (non-hydrogen) atoms. The predicted octanol–water partition coefficient (Wildman–Crippen LogP) is 3.70. The topological polar surface area (TPSA) is 0 Å². The predicted molar refractivity (Wildman–Crippen MR) is 105 cm³/mol. The first kappa shape index (κ1) is 17.8. The van der Waals surface area contributed by atoms with Crippen LogP contribution >= 0.6 is 0 Å². The molecule has 0 saturated heterocycles. The van der Waals surface area contributed by atoms with Gasteiger partial charge in [0.05, 0.1) is 0 Å². The summed E-state index contributed by atoms with van der Waals surface area (Å²) >= 11 is 0. The molecule has 0 aliphatic carbocycles. The third-order valence-electron chi connectivity index (χ3n) is 5.35. The van der Waals surface area contributed by atoms with E-state index in [9.17, 15) is 0 Å². The van der Waals surface area contributed by atoms with Gasteiger partial charge in [0.1, 0.15) is 0 Å². The zero-order valence-corrected chi connectivity index (χ0v) is 15.7. The fraction of sp³-hybridized carbons (Fsp3) is 0.167. The Morgan fingerprint density at radius 2 is 1.20 bits per heavy atom. The molecule has 0 nitrogen and oxygen atoms in total.